The van der Waals surface area contributed by atoms with Crippen LogP contribution in [0.2, 0.25) is 0 Å². The Hall–Kier alpha value is -3.39. The van der Waals surface area contributed by atoms with Crippen molar-refractivity contribution < 1.29 is 32.5 Å². The molecule has 3 aromatic rings. The van der Waals surface area contributed by atoms with E-state index in [1.165, 1.54) is 77.0 Å². The third-order valence-electron chi connectivity index (χ3n) is 9.86. The number of carboxylic acids is 1. The maximum atomic E-state index is 13.0. The number of benzene rings is 2. The third kappa shape index (κ3) is 17.0. The molecule has 2 aromatic carbocycles. The molecule has 5 nitrogen and oxygen atoms in total. The van der Waals surface area contributed by atoms with Crippen LogP contribution in [-0.4, -0.2) is 41.6 Å². The van der Waals surface area contributed by atoms with E-state index in [0.29, 0.717) is 38.2 Å². The zero-order valence-corrected chi connectivity index (χ0v) is 31.6. The first kappa shape index (κ1) is 43.0. The predicted molar refractivity (Wildman–Crippen MR) is 206 cm³/mol. The van der Waals surface area contributed by atoms with Gasteiger partial charge in [0.1, 0.15) is 0 Å². The highest BCUT2D eigenvalue weighted by atomic mass is 19.4. The number of aliphatic carboxylic acids is 1. The van der Waals surface area contributed by atoms with Gasteiger partial charge in [0.15, 0.2) is 6.10 Å². The Balaban J connectivity index is 1.56. The first-order valence-corrected chi connectivity index (χ1v) is 19.9. The lowest BCUT2D eigenvalue weighted by molar-refractivity contribution is -0.214. The van der Waals surface area contributed by atoms with Crippen molar-refractivity contribution in [2.24, 2.45) is 0 Å². The minimum absolute atomic E-state index is 0.0181. The first-order chi connectivity index (χ1) is 25.2. The van der Waals surface area contributed by atoms with Crippen LogP contribution in [0.25, 0.3) is 22.3 Å². The Morgan fingerprint density at radius 2 is 1.33 bits per heavy atom. The molecule has 0 radical (unpaired) electrons. The number of pyridine rings is 1. The fourth-order valence-electron chi connectivity index (χ4n) is 6.68. The molecule has 1 aromatic heterocycles. The van der Waals surface area contributed by atoms with Gasteiger partial charge in [0.05, 0.1) is 6.61 Å². The van der Waals surface area contributed by atoms with Gasteiger partial charge in [0, 0.05) is 30.9 Å². The fraction of sp³-hybridized carbons (Fsp3) is 0.591. The van der Waals surface area contributed by atoms with Crippen LogP contribution in [0.4, 0.5) is 13.2 Å². The standard InChI is InChI=1S/C44H62F3NO4/c1-3-4-5-6-7-8-9-10-11-12-13-14-15-19-31-52-42-30-28-39(34-48-42)41-33-38(27-29-40(41)37-22-17-16-18-23-37)36(24-20-26-43(49)50)25-21-32-51-35(2)44(45,46)47/h16-18,22-23,27-30,33-36H,3-15,19-21,24-26,31-32H2,1-2H3,(H,49,50). The quantitative estimate of drug-likeness (QED) is 0.0755. The first-order valence-electron chi connectivity index (χ1n) is 19.9. The molecule has 288 valence electrons. The average Bonchev–Trinajstić information content (AvgIpc) is 3.14. The summed E-state index contributed by atoms with van der Waals surface area (Å²) in [6.45, 7) is 3.90. The van der Waals surface area contributed by atoms with Crippen molar-refractivity contribution in [3.8, 4) is 28.1 Å². The van der Waals surface area contributed by atoms with Crippen LogP contribution in [0.5, 0.6) is 5.88 Å². The maximum Gasteiger partial charge on any atom is 0.414 e. The largest absolute Gasteiger partial charge is 0.481 e. The van der Waals surface area contributed by atoms with E-state index in [4.69, 9.17) is 9.47 Å². The Bertz CT molecular complexity index is 1380. The molecule has 8 heteroatoms. The zero-order valence-electron chi connectivity index (χ0n) is 31.6. The molecule has 0 saturated carbocycles. The van der Waals surface area contributed by atoms with E-state index in [-0.39, 0.29) is 18.9 Å². The van der Waals surface area contributed by atoms with E-state index in [9.17, 15) is 23.1 Å². The Morgan fingerprint density at radius 3 is 1.90 bits per heavy atom. The Labute approximate surface area is 310 Å². The van der Waals surface area contributed by atoms with Crippen molar-refractivity contribution in [2.45, 2.75) is 154 Å². The molecular weight excluding hydrogens is 663 g/mol. The fourth-order valence-corrected chi connectivity index (χ4v) is 6.68. The molecule has 1 heterocycles. The molecule has 0 aliphatic rings. The van der Waals surface area contributed by atoms with Crippen molar-refractivity contribution in [3.63, 3.8) is 0 Å². The minimum atomic E-state index is -4.40. The molecule has 3 rings (SSSR count). The van der Waals surface area contributed by atoms with Gasteiger partial charge in [-0.15, -0.1) is 0 Å². The zero-order chi connectivity index (χ0) is 37.4. The molecule has 0 saturated heterocycles. The number of carboxylic acid groups (broad SMARTS) is 1. The predicted octanol–water partition coefficient (Wildman–Crippen LogP) is 13.4. The SMILES string of the molecule is CCCCCCCCCCCCCCCCOc1ccc(-c2cc(C(CCCOC(C)C(F)(F)F)CCCC(=O)O)ccc2-c2ccccc2)cn1. The summed E-state index contributed by atoms with van der Waals surface area (Å²) in [5, 5.41) is 9.25. The summed E-state index contributed by atoms with van der Waals surface area (Å²) in [4.78, 5) is 15.9. The smallest absolute Gasteiger partial charge is 0.414 e. The third-order valence-corrected chi connectivity index (χ3v) is 9.86. The lowest BCUT2D eigenvalue weighted by Crippen LogP contribution is -2.28. The van der Waals surface area contributed by atoms with E-state index in [1.807, 2.05) is 36.5 Å². The molecule has 0 spiro atoms. The topological polar surface area (TPSA) is 68.7 Å². The molecule has 0 aliphatic carbocycles. The van der Waals surface area contributed by atoms with Crippen molar-refractivity contribution in [2.75, 3.05) is 13.2 Å². The molecule has 0 bridgehead atoms. The van der Waals surface area contributed by atoms with Crippen molar-refractivity contribution in [3.05, 3.63) is 72.4 Å². The number of ether oxygens (including phenoxy) is 2. The normalized spacial score (nSPS) is 12.9. The average molecular weight is 726 g/mol. The second-order valence-corrected chi connectivity index (χ2v) is 14.2. The van der Waals surface area contributed by atoms with E-state index in [2.05, 4.69) is 42.2 Å². The van der Waals surface area contributed by atoms with Gasteiger partial charge in [0.2, 0.25) is 5.88 Å². The van der Waals surface area contributed by atoms with Gasteiger partial charge in [-0.1, -0.05) is 139 Å². The number of unbranched alkanes of at least 4 members (excludes halogenated alkanes) is 13. The molecule has 1 N–H and O–H groups in total. The summed E-state index contributed by atoms with van der Waals surface area (Å²) >= 11 is 0. The summed E-state index contributed by atoms with van der Waals surface area (Å²) in [6, 6.07) is 20.3. The van der Waals surface area contributed by atoms with Crippen LogP contribution in [0.3, 0.4) is 0 Å². The van der Waals surface area contributed by atoms with Gasteiger partial charge < -0.3 is 14.6 Å². The number of nitrogens with zero attached hydrogens (tertiary/aromatic N) is 1. The summed E-state index contributed by atoms with van der Waals surface area (Å²) in [7, 11) is 0. The summed E-state index contributed by atoms with van der Waals surface area (Å²) < 4.78 is 49.9. The van der Waals surface area contributed by atoms with Crippen molar-refractivity contribution >= 4 is 5.97 Å². The van der Waals surface area contributed by atoms with Crippen LogP contribution < -0.4 is 4.74 Å². The number of carbonyl (C=O) groups is 1. The highest BCUT2D eigenvalue weighted by Crippen LogP contribution is 2.37. The number of hydrogen-bond donors (Lipinski definition) is 1. The molecule has 2 atom stereocenters. The Morgan fingerprint density at radius 1 is 0.712 bits per heavy atom. The summed E-state index contributed by atoms with van der Waals surface area (Å²) in [5.74, 6) is -0.303. The second kappa shape index (κ2) is 24.8. The van der Waals surface area contributed by atoms with Gasteiger partial charge in [-0.25, -0.2) is 4.98 Å². The second-order valence-electron chi connectivity index (χ2n) is 14.2. The van der Waals surface area contributed by atoms with Gasteiger partial charge in [-0.05, 0) is 73.3 Å². The van der Waals surface area contributed by atoms with E-state index in [1.54, 1.807) is 0 Å². The van der Waals surface area contributed by atoms with Gasteiger partial charge in [0.25, 0.3) is 0 Å². The van der Waals surface area contributed by atoms with Gasteiger partial charge in [-0.2, -0.15) is 13.2 Å². The van der Waals surface area contributed by atoms with Crippen LogP contribution in [0.1, 0.15) is 147 Å². The summed E-state index contributed by atoms with van der Waals surface area (Å²) in [5.41, 5.74) is 5.02. The Kier molecular flexibility index (Phi) is 20.5. The number of aromatic nitrogens is 1. The van der Waals surface area contributed by atoms with Crippen LogP contribution in [-0.2, 0) is 9.53 Å². The number of halogens is 3. The van der Waals surface area contributed by atoms with E-state index >= 15 is 0 Å². The number of rotatable bonds is 28. The molecular formula is C44H62F3NO4. The van der Waals surface area contributed by atoms with Crippen molar-refractivity contribution in [1.82, 2.24) is 4.98 Å². The maximum absolute atomic E-state index is 13.0. The molecule has 2 unspecified atom stereocenters. The lowest BCUT2D eigenvalue weighted by atomic mass is 9.85. The van der Waals surface area contributed by atoms with Crippen LogP contribution in [0.15, 0.2) is 66.9 Å². The van der Waals surface area contributed by atoms with E-state index < -0.39 is 18.2 Å². The highest BCUT2D eigenvalue weighted by Gasteiger charge is 2.36. The summed E-state index contributed by atoms with van der Waals surface area (Å²) in [6.07, 6.45) is 16.1. The van der Waals surface area contributed by atoms with Crippen LogP contribution in [0, 0.1) is 0 Å². The lowest BCUT2D eigenvalue weighted by Gasteiger charge is -2.21. The van der Waals surface area contributed by atoms with Crippen molar-refractivity contribution in [1.29, 1.82) is 0 Å². The highest BCUT2D eigenvalue weighted by molar-refractivity contribution is 5.83. The molecule has 0 fully saturated rings. The van der Waals surface area contributed by atoms with Gasteiger partial charge >= 0.3 is 12.1 Å². The minimum Gasteiger partial charge on any atom is -0.481 e. The van der Waals surface area contributed by atoms with Crippen LogP contribution >= 0.6 is 0 Å². The molecule has 0 aliphatic heterocycles. The van der Waals surface area contributed by atoms with Gasteiger partial charge in [-0.3, -0.25) is 4.79 Å². The monoisotopic (exact) mass is 725 g/mol. The number of alkyl halides is 3. The molecule has 52 heavy (non-hydrogen) atoms. The van der Waals surface area contributed by atoms with E-state index in [0.717, 1.165) is 47.6 Å². The molecule has 0 amide bonds. The number of hydrogen-bond acceptors (Lipinski definition) is 4.